The maximum Gasteiger partial charge on any atom is 0.252 e. The van der Waals surface area contributed by atoms with E-state index in [1.807, 2.05) is 41.9 Å². The van der Waals surface area contributed by atoms with E-state index in [2.05, 4.69) is 75.0 Å². The molecule has 0 spiro atoms. The van der Waals surface area contributed by atoms with Crippen molar-refractivity contribution in [1.82, 2.24) is 30.1 Å². The van der Waals surface area contributed by atoms with Gasteiger partial charge in [0, 0.05) is 34.4 Å². The molecular formula is C28H30N6OS. The number of nitrogens with zero attached hydrogens (tertiary/aromatic N) is 5. The van der Waals surface area contributed by atoms with E-state index in [-0.39, 0.29) is 11.6 Å². The standard InChI is InChI=1S/C28H30N6OS/c1-4-26(27-30-31-32-34(27)16-21-9-6-5-7-10-21)33(18-23-11-8-12-36-23)17-22-15-24-20(3)13-19(2)14-25(24)29-28(22)35/h5-15,26H,4,16-18H2,1-3H3,(H,29,35)/t26-/m0/s1. The third-order valence-corrected chi connectivity index (χ3v) is 7.42. The van der Waals surface area contributed by atoms with Gasteiger partial charge in [0.15, 0.2) is 5.82 Å². The SMILES string of the molecule is CC[C@@H](c1nnnn1Cc1ccccc1)N(Cc1cccs1)Cc1cc2c(C)cc(C)cc2[nH]c1=O. The number of pyridine rings is 1. The second kappa shape index (κ2) is 10.6. The first-order chi connectivity index (χ1) is 17.5. The molecule has 0 bridgehead atoms. The number of tetrazole rings is 1. The summed E-state index contributed by atoms with van der Waals surface area (Å²) in [5, 5.41) is 15.9. The Morgan fingerprint density at radius 3 is 2.64 bits per heavy atom. The molecule has 3 aromatic heterocycles. The number of hydrogen-bond acceptors (Lipinski definition) is 6. The summed E-state index contributed by atoms with van der Waals surface area (Å²) in [7, 11) is 0. The minimum Gasteiger partial charge on any atom is -0.322 e. The van der Waals surface area contributed by atoms with Gasteiger partial charge in [-0.05, 0) is 71.0 Å². The highest BCUT2D eigenvalue weighted by atomic mass is 32.1. The number of aromatic amines is 1. The van der Waals surface area contributed by atoms with Crippen molar-refractivity contribution in [3.8, 4) is 0 Å². The molecule has 3 heterocycles. The molecule has 36 heavy (non-hydrogen) atoms. The predicted octanol–water partition coefficient (Wildman–Crippen LogP) is 5.39. The second-order valence-corrected chi connectivity index (χ2v) is 10.3. The summed E-state index contributed by atoms with van der Waals surface area (Å²) < 4.78 is 1.88. The fourth-order valence-electron chi connectivity index (χ4n) is 4.85. The Balaban J connectivity index is 1.52. The average Bonchev–Trinajstić information content (AvgIpc) is 3.54. The maximum absolute atomic E-state index is 13.2. The Bertz CT molecular complexity index is 1510. The summed E-state index contributed by atoms with van der Waals surface area (Å²) in [5.41, 5.74) is 5.01. The number of H-pyrrole nitrogens is 1. The number of benzene rings is 2. The lowest BCUT2D eigenvalue weighted by Crippen LogP contribution is -2.32. The van der Waals surface area contributed by atoms with Gasteiger partial charge in [0.05, 0.1) is 12.6 Å². The third kappa shape index (κ3) is 5.15. The molecule has 7 nitrogen and oxygen atoms in total. The fraction of sp³-hybridized carbons (Fsp3) is 0.286. The van der Waals surface area contributed by atoms with Crippen LogP contribution in [-0.4, -0.2) is 30.1 Å². The van der Waals surface area contributed by atoms with E-state index in [1.54, 1.807) is 11.3 Å². The summed E-state index contributed by atoms with van der Waals surface area (Å²) >= 11 is 1.72. The number of fused-ring (bicyclic) bond motifs is 1. The molecule has 0 saturated heterocycles. The van der Waals surface area contributed by atoms with E-state index in [9.17, 15) is 4.79 Å². The van der Waals surface area contributed by atoms with Crippen LogP contribution in [-0.2, 0) is 19.6 Å². The summed E-state index contributed by atoms with van der Waals surface area (Å²) in [6.45, 7) is 8.08. The Morgan fingerprint density at radius 2 is 1.89 bits per heavy atom. The number of hydrogen-bond donors (Lipinski definition) is 1. The van der Waals surface area contributed by atoms with E-state index in [4.69, 9.17) is 0 Å². The Morgan fingerprint density at radius 1 is 1.06 bits per heavy atom. The summed E-state index contributed by atoms with van der Waals surface area (Å²) in [6.07, 6.45) is 0.810. The zero-order valence-electron chi connectivity index (χ0n) is 20.8. The lowest BCUT2D eigenvalue weighted by molar-refractivity contribution is 0.163. The lowest BCUT2D eigenvalue weighted by Gasteiger charge is -2.30. The van der Waals surface area contributed by atoms with Crippen LogP contribution < -0.4 is 5.56 Å². The van der Waals surface area contributed by atoms with Gasteiger partial charge in [0.25, 0.3) is 5.56 Å². The molecule has 5 aromatic rings. The number of aryl methyl sites for hydroxylation is 2. The molecule has 0 aliphatic rings. The van der Waals surface area contributed by atoms with E-state index < -0.39 is 0 Å². The minimum absolute atomic E-state index is 0.0533. The van der Waals surface area contributed by atoms with Gasteiger partial charge in [0.1, 0.15) is 0 Å². The molecule has 0 radical (unpaired) electrons. The van der Waals surface area contributed by atoms with Crippen molar-refractivity contribution in [3.63, 3.8) is 0 Å². The van der Waals surface area contributed by atoms with Gasteiger partial charge < -0.3 is 4.98 Å². The molecule has 8 heteroatoms. The van der Waals surface area contributed by atoms with Crippen LogP contribution in [0.25, 0.3) is 10.9 Å². The van der Waals surface area contributed by atoms with Gasteiger partial charge in [-0.1, -0.05) is 49.4 Å². The predicted molar refractivity (Wildman–Crippen MR) is 144 cm³/mol. The van der Waals surface area contributed by atoms with Crippen molar-refractivity contribution in [3.05, 3.63) is 109 Å². The van der Waals surface area contributed by atoms with Crippen LogP contribution >= 0.6 is 11.3 Å². The van der Waals surface area contributed by atoms with Crippen LogP contribution in [0.1, 0.15) is 52.3 Å². The molecule has 5 rings (SSSR count). The van der Waals surface area contributed by atoms with E-state index in [1.165, 1.54) is 4.88 Å². The largest absolute Gasteiger partial charge is 0.322 e. The number of aromatic nitrogens is 5. The van der Waals surface area contributed by atoms with Gasteiger partial charge in [-0.2, -0.15) is 0 Å². The monoisotopic (exact) mass is 498 g/mol. The molecule has 2 aromatic carbocycles. The number of thiophene rings is 1. The molecule has 0 unspecified atom stereocenters. The van der Waals surface area contributed by atoms with Gasteiger partial charge >= 0.3 is 0 Å². The highest BCUT2D eigenvalue weighted by molar-refractivity contribution is 7.09. The molecule has 0 saturated carbocycles. The van der Waals surface area contributed by atoms with Gasteiger partial charge in [0.2, 0.25) is 0 Å². The Kier molecular flexibility index (Phi) is 7.06. The molecule has 1 N–H and O–H groups in total. The first-order valence-electron chi connectivity index (χ1n) is 12.2. The van der Waals surface area contributed by atoms with Crippen molar-refractivity contribution in [2.24, 2.45) is 0 Å². The summed E-state index contributed by atoms with van der Waals surface area (Å²) in [4.78, 5) is 19.8. The minimum atomic E-state index is -0.0555. The number of rotatable bonds is 9. The zero-order chi connectivity index (χ0) is 25.1. The number of nitrogens with one attached hydrogen (secondary N) is 1. The van der Waals surface area contributed by atoms with Crippen molar-refractivity contribution >= 4 is 22.2 Å². The first-order valence-corrected chi connectivity index (χ1v) is 13.1. The van der Waals surface area contributed by atoms with E-state index in [0.717, 1.165) is 45.4 Å². The van der Waals surface area contributed by atoms with Gasteiger partial charge in [-0.15, -0.1) is 16.4 Å². The van der Waals surface area contributed by atoms with Crippen LogP contribution in [0.2, 0.25) is 0 Å². The van der Waals surface area contributed by atoms with Crippen LogP contribution in [0, 0.1) is 13.8 Å². The lowest BCUT2D eigenvalue weighted by atomic mass is 10.0. The molecule has 184 valence electrons. The third-order valence-electron chi connectivity index (χ3n) is 6.56. The topological polar surface area (TPSA) is 79.7 Å². The molecule has 0 aliphatic heterocycles. The molecule has 1 atom stereocenters. The van der Waals surface area contributed by atoms with Crippen LogP contribution in [0.4, 0.5) is 0 Å². The van der Waals surface area contributed by atoms with Crippen molar-refractivity contribution in [2.75, 3.05) is 0 Å². The van der Waals surface area contributed by atoms with E-state index in [0.29, 0.717) is 19.6 Å². The molecule has 0 aliphatic carbocycles. The molecular weight excluding hydrogens is 468 g/mol. The van der Waals surface area contributed by atoms with Gasteiger partial charge in [-0.25, -0.2) is 4.68 Å². The van der Waals surface area contributed by atoms with Gasteiger partial charge in [-0.3, -0.25) is 9.69 Å². The Hall–Kier alpha value is -3.62. The quantitative estimate of drug-likeness (QED) is 0.295. The van der Waals surface area contributed by atoms with Crippen LogP contribution in [0.3, 0.4) is 0 Å². The smallest absolute Gasteiger partial charge is 0.252 e. The Labute approximate surface area is 214 Å². The fourth-order valence-corrected chi connectivity index (χ4v) is 5.58. The molecule has 0 amide bonds. The maximum atomic E-state index is 13.2. The normalized spacial score (nSPS) is 12.4. The highest BCUT2D eigenvalue weighted by Gasteiger charge is 2.26. The highest BCUT2D eigenvalue weighted by Crippen LogP contribution is 2.28. The van der Waals surface area contributed by atoms with Crippen molar-refractivity contribution in [1.29, 1.82) is 0 Å². The van der Waals surface area contributed by atoms with Crippen LogP contribution in [0.5, 0.6) is 0 Å². The second-order valence-electron chi connectivity index (χ2n) is 9.26. The van der Waals surface area contributed by atoms with E-state index >= 15 is 0 Å². The van der Waals surface area contributed by atoms with Crippen molar-refractivity contribution < 1.29 is 0 Å². The molecule has 0 fully saturated rings. The summed E-state index contributed by atoms with van der Waals surface area (Å²) in [6, 6.07) is 20.6. The first kappa shape index (κ1) is 24.1. The average molecular weight is 499 g/mol. The zero-order valence-corrected chi connectivity index (χ0v) is 21.6. The van der Waals surface area contributed by atoms with Crippen LogP contribution in [0.15, 0.2) is 70.8 Å². The summed E-state index contributed by atoms with van der Waals surface area (Å²) in [5.74, 6) is 0.807. The van der Waals surface area contributed by atoms with Crippen molar-refractivity contribution in [2.45, 2.75) is 52.9 Å².